The number of hydrogen-bond acceptors (Lipinski definition) is 3. The molecule has 0 saturated heterocycles. The number of nitrogens with zero attached hydrogens (tertiary/aromatic N) is 3. The molecule has 0 saturated carbocycles. The van der Waals surface area contributed by atoms with E-state index in [0.717, 1.165) is 24.0 Å². The molecule has 2 aromatic rings. The highest BCUT2D eigenvalue weighted by atomic mass is 16.7. The molecule has 0 aromatic heterocycles. The van der Waals surface area contributed by atoms with Gasteiger partial charge in [0.25, 0.3) is 0 Å². The van der Waals surface area contributed by atoms with Gasteiger partial charge in [-0.2, -0.15) is 0 Å². The van der Waals surface area contributed by atoms with Crippen LogP contribution in [0.3, 0.4) is 0 Å². The third kappa shape index (κ3) is 6.18. The largest absolute Gasteiger partial charge is 0.570 e. The second kappa shape index (κ2) is 10.1. The first-order chi connectivity index (χ1) is 11.8. The van der Waals surface area contributed by atoms with Crippen molar-refractivity contribution in [2.45, 2.75) is 26.4 Å². The van der Waals surface area contributed by atoms with Gasteiger partial charge in [-0.25, -0.2) is 4.84 Å². The van der Waals surface area contributed by atoms with Crippen LogP contribution in [0.5, 0.6) is 0 Å². The van der Waals surface area contributed by atoms with Crippen LogP contribution in [0.15, 0.2) is 70.8 Å². The Bertz CT molecular complexity index is 657. The third-order valence-corrected chi connectivity index (χ3v) is 3.22. The Morgan fingerprint density at radius 2 is 1.75 bits per heavy atom. The van der Waals surface area contributed by atoms with Crippen LogP contribution in [0.2, 0.25) is 0 Å². The van der Waals surface area contributed by atoms with Crippen LogP contribution in [-0.2, 0) is 11.4 Å². The van der Waals surface area contributed by atoms with E-state index in [0.29, 0.717) is 17.4 Å². The molecule has 2 rings (SSSR count). The standard InChI is InChI=1S/C18H22N4O2/c1-2-3-14-19-18(17-12-8-5-9-13-17)20-22(23)21-24-15-16-10-6-4-7-11-16/h4-13H,2-3,14-15H2,1H3,(H,19,20,21). The molecule has 0 spiro atoms. The molecule has 0 unspecified atom stereocenters. The highest BCUT2D eigenvalue weighted by Gasteiger charge is 2.07. The zero-order valence-corrected chi connectivity index (χ0v) is 13.8. The van der Waals surface area contributed by atoms with Crippen molar-refractivity contribution in [2.75, 3.05) is 6.54 Å². The SMILES string of the molecule is CCCCN=C(N=[N+]([O-])NOCc1ccccc1)c1ccccc1. The number of unbranched alkanes of at least 4 members (excludes halogenated alkanes) is 1. The number of aliphatic imine (C=N–C) groups is 1. The lowest BCUT2D eigenvalue weighted by atomic mass is 10.2. The second-order valence-corrected chi connectivity index (χ2v) is 5.16. The summed E-state index contributed by atoms with van der Waals surface area (Å²) < 4.78 is 0. The molecular weight excluding hydrogens is 304 g/mol. The summed E-state index contributed by atoms with van der Waals surface area (Å²) in [7, 11) is 0. The summed E-state index contributed by atoms with van der Waals surface area (Å²) in [6, 6.07) is 19.0. The Balaban J connectivity index is 1.98. The van der Waals surface area contributed by atoms with Gasteiger partial charge in [-0.1, -0.05) is 74.0 Å². The van der Waals surface area contributed by atoms with E-state index < -0.39 is 0 Å². The van der Waals surface area contributed by atoms with Gasteiger partial charge in [-0.05, 0) is 17.6 Å². The van der Waals surface area contributed by atoms with E-state index in [-0.39, 0.29) is 6.61 Å². The maximum atomic E-state index is 11.9. The van der Waals surface area contributed by atoms with Crippen molar-refractivity contribution in [2.24, 2.45) is 10.1 Å². The summed E-state index contributed by atoms with van der Waals surface area (Å²) in [6.07, 6.45) is 1.98. The highest BCUT2D eigenvalue weighted by Crippen LogP contribution is 2.04. The zero-order valence-electron chi connectivity index (χ0n) is 13.8. The molecule has 24 heavy (non-hydrogen) atoms. The average molecular weight is 326 g/mol. The van der Waals surface area contributed by atoms with E-state index in [9.17, 15) is 5.21 Å². The molecule has 0 aliphatic carbocycles. The van der Waals surface area contributed by atoms with Crippen molar-refractivity contribution in [3.63, 3.8) is 0 Å². The number of hydrazine groups is 1. The van der Waals surface area contributed by atoms with Gasteiger partial charge in [-0.15, -0.1) is 0 Å². The molecule has 0 aliphatic heterocycles. The highest BCUT2D eigenvalue weighted by molar-refractivity contribution is 5.98. The number of hydrogen-bond donors (Lipinski definition) is 1. The molecular formula is C18H22N4O2. The van der Waals surface area contributed by atoms with E-state index in [2.05, 4.69) is 22.6 Å². The van der Waals surface area contributed by atoms with E-state index >= 15 is 0 Å². The van der Waals surface area contributed by atoms with Crippen LogP contribution in [0.4, 0.5) is 0 Å². The molecule has 0 aliphatic rings. The van der Waals surface area contributed by atoms with Gasteiger partial charge in [0.2, 0.25) is 5.84 Å². The van der Waals surface area contributed by atoms with Crippen LogP contribution in [0, 0.1) is 5.21 Å². The molecule has 0 bridgehead atoms. The lowest BCUT2D eigenvalue weighted by Gasteiger charge is -2.04. The molecule has 0 heterocycles. The van der Waals surface area contributed by atoms with E-state index in [1.54, 1.807) is 0 Å². The first-order valence-electron chi connectivity index (χ1n) is 7.99. The minimum absolute atomic E-state index is 0.267. The Kier molecular flexibility index (Phi) is 7.43. The first-order valence-corrected chi connectivity index (χ1v) is 7.99. The molecule has 1 N–H and O–H groups in total. The van der Waals surface area contributed by atoms with E-state index in [1.807, 2.05) is 60.7 Å². The van der Waals surface area contributed by atoms with Gasteiger partial charge in [0.1, 0.15) is 6.61 Å². The fourth-order valence-electron chi connectivity index (χ4n) is 1.96. The van der Waals surface area contributed by atoms with Crippen LogP contribution in [-0.4, -0.2) is 17.4 Å². The molecule has 0 amide bonds. The first kappa shape index (κ1) is 17.6. The minimum atomic E-state index is 0.267. The molecule has 0 radical (unpaired) electrons. The number of rotatable bonds is 8. The topological polar surface area (TPSA) is 72.0 Å². The van der Waals surface area contributed by atoms with Crippen LogP contribution in [0.1, 0.15) is 30.9 Å². The summed E-state index contributed by atoms with van der Waals surface area (Å²) >= 11 is 0. The van der Waals surface area contributed by atoms with Gasteiger partial charge in [-0.3, -0.25) is 4.99 Å². The Labute approximate surface area is 142 Å². The van der Waals surface area contributed by atoms with Crippen LogP contribution in [0.25, 0.3) is 0 Å². The Hall–Kier alpha value is -2.73. The normalized spacial score (nSPS) is 12.2. The van der Waals surface area contributed by atoms with Crippen molar-refractivity contribution in [3.05, 3.63) is 77.0 Å². The maximum Gasteiger partial charge on any atom is 0.226 e. The van der Waals surface area contributed by atoms with Crippen molar-refractivity contribution < 1.29 is 9.81 Å². The Morgan fingerprint density at radius 3 is 2.42 bits per heavy atom. The monoisotopic (exact) mass is 326 g/mol. The molecule has 0 fully saturated rings. The average Bonchev–Trinajstić information content (AvgIpc) is 2.63. The lowest BCUT2D eigenvalue weighted by molar-refractivity contribution is -0.641. The van der Waals surface area contributed by atoms with E-state index in [4.69, 9.17) is 4.84 Å². The fourth-order valence-corrected chi connectivity index (χ4v) is 1.96. The summed E-state index contributed by atoms with van der Waals surface area (Å²) in [4.78, 5) is 9.85. The molecule has 2 aromatic carbocycles. The summed E-state index contributed by atoms with van der Waals surface area (Å²) in [5.41, 5.74) is 4.00. The number of benzene rings is 2. The van der Waals surface area contributed by atoms with Crippen molar-refractivity contribution in [3.8, 4) is 0 Å². The molecule has 6 heteroatoms. The maximum absolute atomic E-state index is 11.9. The quantitative estimate of drug-likeness (QED) is 0.200. The smallest absolute Gasteiger partial charge is 0.226 e. The summed E-state index contributed by atoms with van der Waals surface area (Å²) in [5.74, 6) is 0.384. The van der Waals surface area contributed by atoms with Gasteiger partial charge < -0.3 is 5.21 Å². The molecule has 126 valence electrons. The van der Waals surface area contributed by atoms with Gasteiger partial charge >= 0.3 is 0 Å². The van der Waals surface area contributed by atoms with Gasteiger partial charge in [0.15, 0.2) is 0 Å². The van der Waals surface area contributed by atoms with Crippen LogP contribution >= 0.6 is 0 Å². The third-order valence-electron chi connectivity index (χ3n) is 3.22. The van der Waals surface area contributed by atoms with Crippen molar-refractivity contribution in [1.82, 2.24) is 5.59 Å². The lowest BCUT2D eigenvalue weighted by Crippen LogP contribution is -2.24. The second-order valence-electron chi connectivity index (χ2n) is 5.16. The molecule has 6 nitrogen and oxygen atoms in total. The Morgan fingerprint density at radius 1 is 1.08 bits per heavy atom. The molecule has 0 atom stereocenters. The van der Waals surface area contributed by atoms with Gasteiger partial charge in [0, 0.05) is 12.1 Å². The van der Waals surface area contributed by atoms with Crippen molar-refractivity contribution in [1.29, 1.82) is 0 Å². The van der Waals surface area contributed by atoms with Gasteiger partial charge in [0.05, 0.1) is 10.1 Å². The number of nitrogens with one attached hydrogen (secondary N) is 1. The van der Waals surface area contributed by atoms with E-state index in [1.165, 1.54) is 0 Å². The van der Waals surface area contributed by atoms with Crippen LogP contribution < -0.4 is 5.59 Å². The predicted octanol–water partition coefficient (Wildman–Crippen LogP) is 3.83. The number of amidine groups is 1. The summed E-state index contributed by atoms with van der Waals surface area (Å²) in [6.45, 7) is 2.99. The minimum Gasteiger partial charge on any atom is -0.570 e. The zero-order chi connectivity index (χ0) is 17.0. The summed E-state index contributed by atoms with van der Waals surface area (Å²) in [5, 5.41) is 15.8. The predicted molar refractivity (Wildman–Crippen MR) is 93.2 cm³/mol. The fraction of sp³-hybridized carbons (Fsp3) is 0.278. The van der Waals surface area contributed by atoms with Crippen molar-refractivity contribution >= 4 is 5.84 Å².